The van der Waals surface area contributed by atoms with E-state index < -0.39 is 18.1 Å². The van der Waals surface area contributed by atoms with Crippen LogP contribution in [0.4, 0.5) is 0 Å². The number of nitrogens with one attached hydrogen (secondary N) is 2. The van der Waals surface area contributed by atoms with Crippen LogP contribution >= 0.6 is 11.3 Å². The van der Waals surface area contributed by atoms with E-state index in [1.165, 1.54) is 19.8 Å². The van der Waals surface area contributed by atoms with E-state index in [4.69, 9.17) is 4.74 Å². The van der Waals surface area contributed by atoms with Gasteiger partial charge in [-0.15, -0.1) is 11.3 Å². The van der Waals surface area contributed by atoms with E-state index in [0.717, 1.165) is 30.7 Å². The molecule has 1 aromatic carbocycles. The zero-order chi connectivity index (χ0) is 29.7. The zero-order valence-corrected chi connectivity index (χ0v) is 25.8. The number of hydrogen-bond donors (Lipinski definition) is 3. The molecule has 1 saturated carbocycles. The van der Waals surface area contributed by atoms with Crippen LogP contribution in [0.3, 0.4) is 0 Å². The minimum Gasteiger partial charge on any atom is -0.426 e. The minimum absolute atomic E-state index is 0.00507. The molecule has 1 saturated heterocycles. The number of rotatable bonds is 9. The van der Waals surface area contributed by atoms with Gasteiger partial charge in [0.15, 0.2) is 0 Å². The highest BCUT2D eigenvalue weighted by molar-refractivity contribution is 7.09. The molecular weight excluding hydrogens is 538 g/mol. The van der Waals surface area contributed by atoms with Crippen molar-refractivity contribution < 1.29 is 24.2 Å². The molecule has 0 unspecified atom stereocenters. The van der Waals surface area contributed by atoms with Gasteiger partial charge in [-0.2, -0.15) is 0 Å². The first kappa shape index (κ1) is 31.2. The first-order valence-corrected chi connectivity index (χ1v) is 15.6. The van der Waals surface area contributed by atoms with Crippen LogP contribution in [-0.2, 0) is 16.0 Å². The molecule has 0 radical (unpaired) electrons. The average molecular weight is 584 g/mol. The Hall–Kier alpha value is -2.75. The summed E-state index contributed by atoms with van der Waals surface area (Å²) in [7, 11) is 0. The Balaban J connectivity index is 1.55. The van der Waals surface area contributed by atoms with Crippen molar-refractivity contribution in [3.63, 3.8) is 0 Å². The molecular formula is C32H45N3O5S. The maximum atomic E-state index is 13.5. The lowest BCUT2D eigenvalue weighted by atomic mass is 9.72. The SMILES string of the molecule is CC(=O)Oc1cccc(C(=O)N[C@@H](Cc2cccs2)[C@H](O)CN2C[C@H]3CCCC[C@H]3C[C@H]2C(=O)NC(C)(C)C)c1C. The Labute approximate surface area is 247 Å². The third-order valence-corrected chi connectivity index (χ3v) is 9.19. The number of thiophene rings is 1. The first-order chi connectivity index (χ1) is 19.4. The summed E-state index contributed by atoms with van der Waals surface area (Å²) >= 11 is 1.58. The highest BCUT2D eigenvalue weighted by atomic mass is 32.1. The number of fused-ring (bicyclic) bond motifs is 1. The number of piperidine rings is 1. The highest BCUT2D eigenvalue weighted by Crippen LogP contribution is 2.39. The molecule has 3 N–H and O–H groups in total. The van der Waals surface area contributed by atoms with Gasteiger partial charge in [0, 0.05) is 48.0 Å². The van der Waals surface area contributed by atoms with E-state index in [9.17, 15) is 19.5 Å². The molecule has 8 nitrogen and oxygen atoms in total. The maximum Gasteiger partial charge on any atom is 0.308 e. The van der Waals surface area contributed by atoms with Gasteiger partial charge in [0.2, 0.25) is 5.91 Å². The van der Waals surface area contributed by atoms with Crippen molar-refractivity contribution in [3.8, 4) is 5.75 Å². The molecule has 4 rings (SSSR count). The number of carbonyl (C=O) groups excluding carboxylic acids is 3. The van der Waals surface area contributed by atoms with Crippen LogP contribution in [-0.4, -0.2) is 64.6 Å². The molecule has 2 aliphatic rings. The molecule has 2 amide bonds. The van der Waals surface area contributed by atoms with Gasteiger partial charge in [0.05, 0.1) is 18.2 Å². The van der Waals surface area contributed by atoms with Crippen LogP contribution in [0, 0.1) is 18.8 Å². The number of hydrogen-bond acceptors (Lipinski definition) is 7. The number of carbonyl (C=O) groups is 3. The van der Waals surface area contributed by atoms with Crippen LogP contribution in [0.2, 0.25) is 0 Å². The number of β-amino-alcohol motifs (C(OH)–C–C–N with tert-alkyl or cyclic N) is 1. The van der Waals surface area contributed by atoms with E-state index in [2.05, 4.69) is 15.5 Å². The van der Waals surface area contributed by atoms with Crippen LogP contribution in [0.15, 0.2) is 35.7 Å². The molecule has 0 bridgehead atoms. The maximum absolute atomic E-state index is 13.5. The fourth-order valence-electron chi connectivity index (χ4n) is 6.30. The molecule has 2 aromatic rings. The number of esters is 1. The molecule has 9 heteroatoms. The fourth-order valence-corrected chi connectivity index (χ4v) is 7.06. The van der Waals surface area contributed by atoms with Crippen molar-refractivity contribution in [1.82, 2.24) is 15.5 Å². The Morgan fingerprint density at radius 1 is 1.12 bits per heavy atom. The van der Waals surface area contributed by atoms with E-state index >= 15 is 0 Å². The Morgan fingerprint density at radius 2 is 1.85 bits per heavy atom. The van der Waals surface area contributed by atoms with Crippen molar-refractivity contribution in [3.05, 3.63) is 51.7 Å². The second-order valence-electron chi connectivity index (χ2n) is 12.7. The Kier molecular flexibility index (Phi) is 10.3. The van der Waals surface area contributed by atoms with Crippen molar-refractivity contribution in [2.24, 2.45) is 11.8 Å². The molecule has 1 aromatic heterocycles. The molecule has 41 heavy (non-hydrogen) atoms. The second-order valence-corrected chi connectivity index (χ2v) is 13.7. The average Bonchev–Trinajstić information content (AvgIpc) is 3.41. The Morgan fingerprint density at radius 3 is 2.51 bits per heavy atom. The molecule has 1 aliphatic heterocycles. The van der Waals surface area contributed by atoms with Crippen LogP contribution in [0.25, 0.3) is 0 Å². The van der Waals surface area contributed by atoms with Gasteiger partial charge in [0.25, 0.3) is 5.91 Å². The lowest BCUT2D eigenvalue weighted by molar-refractivity contribution is -0.133. The van der Waals surface area contributed by atoms with E-state index in [0.29, 0.717) is 35.1 Å². The molecule has 224 valence electrons. The monoisotopic (exact) mass is 583 g/mol. The Bertz CT molecular complexity index is 1210. The van der Waals surface area contributed by atoms with E-state index in [1.54, 1.807) is 36.5 Å². The number of ether oxygens (including phenoxy) is 1. The van der Waals surface area contributed by atoms with Crippen molar-refractivity contribution in [1.29, 1.82) is 0 Å². The quantitative estimate of drug-likeness (QED) is 0.297. The van der Waals surface area contributed by atoms with Gasteiger partial charge in [-0.25, -0.2) is 0 Å². The van der Waals surface area contributed by atoms with Crippen LogP contribution < -0.4 is 15.4 Å². The minimum atomic E-state index is -0.900. The molecule has 5 atom stereocenters. The predicted molar refractivity (Wildman–Crippen MR) is 161 cm³/mol. The number of likely N-dealkylation sites (tertiary alicyclic amines) is 1. The van der Waals surface area contributed by atoms with Gasteiger partial charge < -0.3 is 20.5 Å². The summed E-state index contributed by atoms with van der Waals surface area (Å²) in [5, 5.41) is 19.9. The highest BCUT2D eigenvalue weighted by Gasteiger charge is 2.41. The number of aliphatic hydroxyl groups is 1. The smallest absolute Gasteiger partial charge is 0.308 e. The topological polar surface area (TPSA) is 108 Å². The number of benzene rings is 1. The lowest BCUT2D eigenvalue weighted by Crippen LogP contribution is -2.60. The third-order valence-electron chi connectivity index (χ3n) is 8.29. The van der Waals surface area contributed by atoms with Gasteiger partial charge in [-0.1, -0.05) is 31.4 Å². The first-order valence-electron chi connectivity index (χ1n) is 14.8. The predicted octanol–water partition coefficient (Wildman–Crippen LogP) is 4.48. The standard InChI is InChI=1S/C32H45N3O5S/c1-20-25(13-8-14-29(20)40-21(2)36)30(38)33-26(17-24-12-9-15-41-24)28(37)19-35-18-23-11-7-6-10-22(23)16-27(35)31(39)34-32(3,4)5/h8-9,12-15,22-23,26-28,37H,6-7,10-11,16-19H2,1-5H3,(H,33,38)(H,34,39)/t22-,23+,26-,27-,28+/m0/s1. The van der Waals surface area contributed by atoms with Gasteiger partial charge in [0.1, 0.15) is 5.75 Å². The molecule has 2 fully saturated rings. The third kappa shape index (κ3) is 8.40. The normalized spacial score (nSPS) is 22.7. The summed E-state index contributed by atoms with van der Waals surface area (Å²) in [4.78, 5) is 41.7. The van der Waals surface area contributed by atoms with Gasteiger partial charge in [-0.05, 0) is 76.0 Å². The number of amides is 2. The second kappa shape index (κ2) is 13.5. The van der Waals surface area contributed by atoms with Gasteiger partial charge >= 0.3 is 5.97 Å². The van der Waals surface area contributed by atoms with Gasteiger partial charge in [-0.3, -0.25) is 19.3 Å². The van der Waals surface area contributed by atoms with E-state index in [1.807, 2.05) is 38.3 Å². The van der Waals surface area contributed by atoms with Crippen LogP contribution in [0.5, 0.6) is 5.75 Å². The largest absolute Gasteiger partial charge is 0.426 e. The number of aliphatic hydroxyl groups excluding tert-OH is 1. The summed E-state index contributed by atoms with van der Waals surface area (Å²) in [6.45, 7) is 10.1. The fraction of sp³-hybridized carbons (Fsp3) is 0.594. The zero-order valence-electron chi connectivity index (χ0n) is 24.9. The summed E-state index contributed by atoms with van der Waals surface area (Å²) in [6, 6.07) is 8.08. The van der Waals surface area contributed by atoms with Crippen molar-refractivity contribution in [2.45, 2.75) is 96.9 Å². The molecule has 0 spiro atoms. The molecule has 2 heterocycles. The number of nitrogens with zero attached hydrogens (tertiary/aromatic N) is 1. The molecule has 1 aliphatic carbocycles. The van der Waals surface area contributed by atoms with Crippen molar-refractivity contribution in [2.75, 3.05) is 13.1 Å². The summed E-state index contributed by atoms with van der Waals surface area (Å²) in [5.74, 6) is 0.594. The lowest BCUT2D eigenvalue weighted by Gasteiger charge is -2.47. The van der Waals surface area contributed by atoms with Crippen LogP contribution in [0.1, 0.15) is 80.6 Å². The van der Waals surface area contributed by atoms with Crippen molar-refractivity contribution >= 4 is 29.1 Å². The summed E-state index contributed by atoms with van der Waals surface area (Å²) in [6.07, 6.45) is 5.09. The summed E-state index contributed by atoms with van der Waals surface area (Å²) in [5.41, 5.74) is 0.597. The van der Waals surface area contributed by atoms with E-state index in [-0.39, 0.29) is 29.9 Å². The summed E-state index contributed by atoms with van der Waals surface area (Å²) < 4.78 is 5.27.